The van der Waals surface area contributed by atoms with E-state index in [9.17, 15) is 14.0 Å². The van der Waals surface area contributed by atoms with Crippen LogP contribution in [0, 0.1) is 11.7 Å². The number of nitrogens with one attached hydrogen (secondary N) is 2. The van der Waals surface area contributed by atoms with Crippen molar-refractivity contribution in [1.82, 2.24) is 5.32 Å². The van der Waals surface area contributed by atoms with Gasteiger partial charge < -0.3 is 10.6 Å². The summed E-state index contributed by atoms with van der Waals surface area (Å²) < 4.78 is 13.0. The fraction of sp³-hybridized carbons (Fsp3) is 0.467. The highest BCUT2D eigenvalue weighted by Gasteiger charge is 2.22. The minimum Gasteiger partial charge on any atom is -0.345 e. The molecule has 0 radical (unpaired) electrons. The zero-order chi connectivity index (χ0) is 14.5. The summed E-state index contributed by atoms with van der Waals surface area (Å²) in [6, 6.07) is 5.53. The van der Waals surface area contributed by atoms with E-state index in [2.05, 4.69) is 17.6 Å². The molecule has 2 rings (SSSR count). The Hall–Kier alpha value is -1.91. The minimum absolute atomic E-state index is 0.0666. The maximum absolute atomic E-state index is 13.0. The summed E-state index contributed by atoms with van der Waals surface area (Å²) in [5.41, 5.74) is 0.280. The molecular formula is C15H19FN2O2. The van der Waals surface area contributed by atoms with Gasteiger partial charge in [-0.1, -0.05) is 13.0 Å². The second-order valence-electron chi connectivity index (χ2n) is 5.39. The summed E-state index contributed by atoms with van der Waals surface area (Å²) in [6.45, 7) is 2.19. The number of carbonyl (C=O) groups is 2. The largest absolute Gasteiger partial charge is 0.345 e. The Balaban J connectivity index is 1.84. The van der Waals surface area contributed by atoms with Gasteiger partial charge in [-0.05, 0) is 49.8 Å². The van der Waals surface area contributed by atoms with Crippen molar-refractivity contribution >= 4 is 17.5 Å². The van der Waals surface area contributed by atoms with Crippen molar-refractivity contribution in [3.63, 3.8) is 0 Å². The lowest BCUT2D eigenvalue weighted by molar-refractivity contribution is -0.136. The summed E-state index contributed by atoms with van der Waals surface area (Å²) in [5, 5.41) is 5.12. The Morgan fingerprint density at radius 1 is 1.15 bits per heavy atom. The molecule has 0 aliphatic heterocycles. The third-order valence-electron chi connectivity index (χ3n) is 3.64. The van der Waals surface area contributed by atoms with Gasteiger partial charge >= 0.3 is 11.8 Å². The summed E-state index contributed by atoms with van der Waals surface area (Å²) in [6.07, 6.45) is 3.94. The average Bonchev–Trinajstić information content (AvgIpc) is 2.41. The van der Waals surface area contributed by atoms with Gasteiger partial charge in [0.25, 0.3) is 0 Å². The van der Waals surface area contributed by atoms with Crippen LogP contribution in [-0.4, -0.2) is 17.9 Å². The predicted octanol–water partition coefficient (Wildman–Crippen LogP) is 2.46. The molecule has 1 aromatic rings. The van der Waals surface area contributed by atoms with Gasteiger partial charge in [0, 0.05) is 11.7 Å². The standard InChI is InChI=1S/C15H19FN2O2/c1-10-5-7-12(8-6-10)17-14(19)15(20)18-13-4-2-3-11(16)9-13/h2-4,9-10,12H,5-8H2,1H3,(H,17,19)(H,18,20). The molecule has 1 aliphatic carbocycles. The van der Waals surface area contributed by atoms with E-state index in [0.717, 1.165) is 25.7 Å². The highest BCUT2D eigenvalue weighted by Crippen LogP contribution is 2.23. The second kappa shape index (κ2) is 6.50. The first kappa shape index (κ1) is 14.5. The Morgan fingerprint density at radius 3 is 2.50 bits per heavy atom. The smallest absolute Gasteiger partial charge is 0.313 e. The Bertz CT molecular complexity index is 496. The van der Waals surface area contributed by atoms with Crippen LogP contribution in [0.4, 0.5) is 10.1 Å². The first-order chi connectivity index (χ1) is 9.54. The Kier molecular flexibility index (Phi) is 4.71. The number of halogens is 1. The number of hydrogen-bond donors (Lipinski definition) is 2. The van der Waals surface area contributed by atoms with Crippen molar-refractivity contribution in [2.75, 3.05) is 5.32 Å². The van der Waals surface area contributed by atoms with E-state index in [4.69, 9.17) is 0 Å². The molecule has 0 atom stereocenters. The van der Waals surface area contributed by atoms with Crippen LogP contribution >= 0.6 is 0 Å². The lowest BCUT2D eigenvalue weighted by Gasteiger charge is -2.26. The molecule has 1 saturated carbocycles. The third kappa shape index (κ3) is 4.05. The summed E-state index contributed by atoms with van der Waals surface area (Å²) >= 11 is 0. The van der Waals surface area contributed by atoms with Crippen molar-refractivity contribution < 1.29 is 14.0 Å². The molecule has 1 aliphatic rings. The molecule has 4 nitrogen and oxygen atoms in total. The average molecular weight is 278 g/mol. The second-order valence-corrected chi connectivity index (χ2v) is 5.39. The molecule has 108 valence electrons. The molecule has 1 fully saturated rings. The van der Waals surface area contributed by atoms with Gasteiger partial charge in [0.05, 0.1) is 0 Å². The summed E-state index contributed by atoms with van der Waals surface area (Å²) in [4.78, 5) is 23.5. The molecule has 0 aromatic heterocycles. The van der Waals surface area contributed by atoms with E-state index in [-0.39, 0.29) is 11.7 Å². The molecule has 0 unspecified atom stereocenters. The molecule has 5 heteroatoms. The predicted molar refractivity (Wildman–Crippen MR) is 74.6 cm³/mol. The first-order valence-electron chi connectivity index (χ1n) is 6.92. The van der Waals surface area contributed by atoms with Crippen molar-refractivity contribution in [3.8, 4) is 0 Å². The SMILES string of the molecule is CC1CCC(NC(=O)C(=O)Nc2cccc(F)c2)CC1. The number of benzene rings is 1. The normalized spacial score (nSPS) is 22.1. The van der Waals surface area contributed by atoms with Gasteiger partial charge in [-0.15, -0.1) is 0 Å². The van der Waals surface area contributed by atoms with Gasteiger partial charge in [0.1, 0.15) is 5.82 Å². The molecular weight excluding hydrogens is 259 g/mol. The van der Waals surface area contributed by atoms with Crippen LogP contribution in [0.3, 0.4) is 0 Å². The fourth-order valence-electron chi connectivity index (χ4n) is 2.41. The lowest BCUT2D eigenvalue weighted by Crippen LogP contribution is -2.43. The van der Waals surface area contributed by atoms with Crippen LogP contribution in [0.2, 0.25) is 0 Å². The number of hydrogen-bond acceptors (Lipinski definition) is 2. The maximum atomic E-state index is 13.0. The van der Waals surface area contributed by atoms with E-state index < -0.39 is 17.6 Å². The zero-order valence-corrected chi connectivity index (χ0v) is 11.5. The van der Waals surface area contributed by atoms with Crippen molar-refractivity contribution in [1.29, 1.82) is 0 Å². The van der Waals surface area contributed by atoms with Crippen LogP contribution in [-0.2, 0) is 9.59 Å². The molecule has 0 saturated heterocycles. The van der Waals surface area contributed by atoms with E-state index >= 15 is 0 Å². The molecule has 1 aromatic carbocycles. The molecule has 2 N–H and O–H groups in total. The van der Waals surface area contributed by atoms with Crippen LogP contribution in [0.25, 0.3) is 0 Å². The summed E-state index contributed by atoms with van der Waals surface area (Å²) in [5.74, 6) is -1.18. The number of rotatable bonds is 2. The van der Waals surface area contributed by atoms with Crippen molar-refractivity contribution in [2.45, 2.75) is 38.6 Å². The molecule has 0 heterocycles. The Morgan fingerprint density at radius 2 is 1.85 bits per heavy atom. The van der Waals surface area contributed by atoms with Crippen molar-refractivity contribution in [2.24, 2.45) is 5.92 Å². The van der Waals surface area contributed by atoms with Crippen LogP contribution in [0.5, 0.6) is 0 Å². The van der Waals surface area contributed by atoms with E-state index in [1.54, 1.807) is 0 Å². The molecule has 20 heavy (non-hydrogen) atoms. The maximum Gasteiger partial charge on any atom is 0.313 e. The van der Waals surface area contributed by atoms with E-state index in [1.165, 1.54) is 24.3 Å². The zero-order valence-electron chi connectivity index (χ0n) is 11.5. The van der Waals surface area contributed by atoms with Crippen LogP contribution in [0.1, 0.15) is 32.6 Å². The molecule has 0 bridgehead atoms. The lowest BCUT2D eigenvalue weighted by atomic mass is 9.87. The monoisotopic (exact) mass is 278 g/mol. The van der Waals surface area contributed by atoms with Gasteiger partial charge in [0.2, 0.25) is 0 Å². The van der Waals surface area contributed by atoms with Crippen molar-refractivity contribution in [3.05, 3.63) is 30.1 Å². The number of anilines is 1. The Labute approximate surface area is 117 Å². The van der Waals surface area contributed by atoms with E-state index in [0.29, 0.717) is 5.92 Å². The molecule has 0 spiro atoms. The number of carbonyl (C=O) groups excluding carboxylic acids is 2. The quantitative estimate of drug-likeness (QED) is 0.816. The third-order valence-corrected chi connectivity index (χ3v) is 3.64. The highest BCUT2D eigenvalue weighted by molar-refractivity contribution is 6.39. The van der Waals surface area contributed by atoms with Crippen LogP contribution < -0.4 is 10.6 Å². The first-order valence-corrected chi connectivity index (χ1v) is 6.92. The summed E-state index contributed by atoms with van der Waals surface area (Å²) in [7, 11) is 0. The minimum atomic E-state index is -0.755. The van der Waals surface area contributed by atoms with Gasteiger partial charge in [-0.2, -0.15) is 0 Å². The topological polar surface area (TPSA) is 58.2 Å². The van der Waals surface area contributed by atoms with Gasteiger partial charge in [-0.3, -0.25) is 9.59 Å². The fourth-order valence-corrected chi connectivity index (χ4v) is 2.41. The van der Waals surface area contributed by atoms with Crippen LogP contribution in [0.15, 0.2) is 24.3 Å². The van der Waals surface area contributed by atoms with Gasteiger partial charge in [0.15, 0.2) is 0 Å². The van der Waals surface area contributed by atoms with E-state index in [1.807, 2.05) is 0 Å². The number of amides is 2. The highest BCUT2D eigenvalue weighted by atomic mass is 19.1. The van der Waals surface area contributed by atoms with Gasteiger partial charge in [-0.25, -0.2) is 4.39 Å². The molecule has 2 amide bonds.